The van der Waals surface area contributed by atoms with Gasteiger partial charge in [-0.15, -0.1) is 0 Å². The van der Waals surface area contributed by atoms with Gasteiger partial charge in [-0.25, -0.2) is 4.98 Å². The monoisotopic (exact) mass is 291 g/mol. The molecule has 1 aromatic heterocycles. The molecule has 0 radical (unpaired) electrons. The first-order valence-corrected chi connectivity index (χ1v) is 8.00. The number of nitrogen functional groups attached to an aromatic ring is 1. The lowest BCUT2D eigenvalue weighted by atomic mass is 10.0. The van der Waals surface area contributed by atoms with E-state index >= 15 is 0 Å². The standard InChI is InChI=1S/C15H25N5O/c16-15-18-13(12-4-9-21-11-12)10-14(19-15)17-5-3-8-20-6-1-2-7-20/h10,12H,1-9,11H2,(H3,16,17,18,19)/t12-/m1/s1. The molecule has 0 spiro atoms. The van der Waals surface area contributed by atoms with E-state index in [0.29, 0.717) is 11.9 Å². The van der Waals surface area contributed by atoms with Crippen LogP contribution in [0.3, 0.4) is 0 Å². The highest BCUT2D eigenvalue weighted by atomic mass is 16.5. The van der Waals surface area contributed by atoms with Crippen LogP contribution in [-0.2, 0) is 4.74 Å². The quantitative estimate of drug-likeness (QED) is 0.773. The van der Waals surface area contributed by atoms with Crippen LogP contribution in [0.2, 0.25) is 0 Å². The molecular formula is C15H25N5O. The average Bonchev–Trinajstić information content (AvgIpc) is 3.16. The molecule has 1 atom stereocenters. The summed E-state index contributed by atoms with van der Waals surface area (Å²) in [6.07, 6.45) is 4.85. The number of nitrogens with zero attached hydrogens (tertiary/aromatic N) is 3. The molecule has 0 amide bonds. The van der Waals surface area contributed by atoms with Crippen LogP contribution in [0.15, 0.2) is 6.07 Å². The maximum absolute atomic E-state index is 5.82. The topological polar surface area (TPSA) is 76.3 Å². The third-order valence-corrected chi connectivity index (χ3v) is 4.27. The zero-order valence-corrected chi connectivity index (χ0v) is 12.6. The maximum atomic E-state index is 5.82. The first-order valence-electron chi connectivity index (χ1n) is 8.00. The predicted octanol–water partition coefficient (Wildman–Crippen LogP) is 1.46. The zero-order valence-electron chi connectivity index (χ0n) is 12.6. The fourth-order valence-corrected chi connectivity index (χ4v) is 3.08. The minimum absolute atomic E-state index is 0.349. The molecule has 3 rings (SSSR count). The van der Waals surface area contributed by atoms with E-state index in [-0.39, 0.29) is 0 Å². The van der Waals surface area contributed by atoms with Crippen molar-refractivity contribution in [3.8, 4) is 0 Å². The van der Waals surface area contributed by atoms with Crippen LogP contribution in [0, 0.1) is 0 Å². The van der Waals surface area contributed by atoms with Crippen LogP contribution < -0.4 is 11.1 Å². The SMILES string of the molecule is Nc1nc(NCCCN2CCCC2)cc([C@@H]2CCOC2)n1. The zero-order chi connectivity index (χ0) is 14.5. The maximum Gasteiger partial charge on any atom is 0.222 e. The molecule has 0 aliphatic carbocycles. The van der Waals surface area contributed by atoms with Crippen LogP contribution in [-0.4, -0.2) is 54.3 Å². The van der Waals surface area contributed by atoms with Crippen molar-refractivity contribution in [3.63, 3.8) is 0 Å². The summed E-state index contributed by atoms with van der Waals surface area (Å²) in [5, 5.41) is 3.37. The highest BCUT2D eigenvalue weighted by Gasteiger charge is 2.20. The fraction of sp³-hybridized carbons (Fsp3) is 0.733. The Labute approximate surface area is 126 Å². The van der Waals surface area contributed by atoms with Crippen molar-refractivity contribution >= 4 is 11.8 Å². The van der Waals surface area contributed by atoms with Crippen LogP contribution in [0.5, 0.6) is 0 Å². The number of aromatic nitrogens is 2. The van der Waals surface area contributed by atoms with Gasteiger partial charge in [-0.05, 0) is 45.3 Å². The van der Waals surface area contributed by atoms with Crippen molar-refractivity contribution in [1.29, 1.82) is 0 Å². The van der Waals surface area contributed by atoms with Gasteiger partial charge < -0.3 is 20.7 Å². The molecule has 2 saturated heterocycles. The molecule has 116 valence electrons. The Hall–Kier alpha value is -1.40. The molecule has 6 nitrogen and oxygen atoms in total. The average molecular weight is 291 g/mol. The molecule has 2 aliphatic heterocycles. The first-order chi connectivity index (χ1) is 10.3. The molecule has 3 N–H and O–H groups in total. The molecule has 0 bridgehead atoms. The van der Waals surface area contributed by atoms with Gasteiger partial charge in [0.1, 0.15) is 5.82 Å². The number of nitrogens with one attached hydrogen (secondary N) is 1. The van der Waals surface area contributed by atoms with Gasteiger partial charge in [-0.2, -0.15) is 4.98 Å². The molecule has 1 aromatic rings. The van der Waals surface area contributed by atoms with Crippen LogP contribution in [0.4, 0.5) is 11.8 Å². The van der Waals surface area contributed by atoms with Crippen molar-refractivity contribution in [3.05, 3.63) is 11.8 Å². The van der Waals surface area contributed by atoms with E-state index in [4.69, 9.17) is 10.5 Å². The number of hydrogen-bond acceptors (Lipinski definition) is 6. The van der Waals surface area contributed by atoms with Gasteiger partial charge in [0.05, 0.1) is 12.3 Å². The van der Waals surface area contributed by atoms with Gasteiger partial charge in [-0.1, -0.05) is 0 Å². The van der Waals surface area contributed by atoms with Crippen molar-refractivity contribution in [2.75, 3.05) is 50.4 Å². The van der Waals surface area contributed by atoms with Crippen LogP contribution in [0.1, 0.15) is 37.3 Å². The Morgan fingerprint density at radius 3 is 2.95 bits per heavy atom. The van der Waals surface area contributed by atoms with E-state index < -0.39 is 0 Å². The number of anilines is 2. The number of hydrogen-bond donors (Lipinski definition) is 2. The summed E-state index contributed by atoms with van der Waals surface area (Å²) in [4.78, 5) is 11.1. The van der Waals surface area contributed by atoms with Crippen molar-refractivity contribution < 1.29 is 4.74 Å². The summed E-state index contributed by atoms with van der Waals surface area (Å²) in [7, 11) is 0. The summed E-state index contributed by atoms with van der Waals surface area (Å²) in [6.45, 7) is 6.15. The molecular weight excluding hydrogens is 266 g/mol. The molecule has 0 unspecified atom stereocenters. The lowest BCUT2D eigenvalue weighted by Gasteiger charge is -2.15. The molecule has 3 heterocycles. The Balaban J connectivity index is 1.49. The third kappa shape index (κ3) is 4.04. The smallest absolute Gasteiger partial charge is 0.222 e. The number of likely N-dealkylation sites (tertiary alicyclic amines) is 1. The number of rotatable bonds is 6. The summed E-state index contributed by atoms with van der Waals surface area (Å²) >= 11 is 0. The summed E-state index contributed by atoms with van der Waals surface area (Å²) in [5.74, 6) is 1.55. The van der Waals surface area contributed by atoms with E-state index in [1.165, 1.54) is 25.9 Å². The third-order valence-electron chi connectivity index (χ3n) is 4.27. The molecule has 21 heavy (non-hydrogen) atoms. The molecule has 2 fully saturated rings. The highest BCUT2D eigenvalue weighted by Crippen LogP contribution is 2.25. The van der Waals surface area contributed by atoms with Crippen LogP contribution in [0.25, 0.3) is 0 Å². The van der Waals surface area contributed by atoms with E-state index in [2.05, 4.69) is 20.2 Å². The summed E-state index contributed by atoms with van der Waals surface area (Å²) in [6, 6.07) is 2.02. The van der Waals surface area contributed by atoms with Crippen molar-refractivity contribution in [1.82, 2.24) is 14.9 Å². The Morgan fingerprint density at radius 2 is 2.19 bits per heavy atom. The van der Waals surface area contributed by atoms with E-state index in [1.807, 2.05) is 6.07 Å². The predicted molar refractivity (Wildman–Crippen MR) is 83.4 cm³/mol. The highest BCUT2D eigenvalue weighted by molar-refractivity contribution is 5.41. The molecule has 6 heteroatoms. The Morgan fingerprint density at radius 1 is 1.33 bits per heavy atom. The number of ether oxygens (including phenoxy) is 1. The van der Waals surface area contributed by atoms with Gasteiger partial charge in [0, 0.05) is 25.1 Å². The lowest BCUT2D eigenvalue weighted by Crippen LogP contribution is -2.22. The normalized spacial score (nSPS) is 22.8. The largest absolute Gasteiger partial charge is 0.381 e. The molecule has 0 aromatic carbocycles. The van der Waals surface area contributed by atoms with Gasteiger partial charge in [0.2, 0.25) is 5.95 Å². The van der Waals surface area contributed by atoms with Crippen molar-refractivity contribution in [2.24, 2.45) is 0 Å². The van der Waals surface area contributed by atoms with Crippen molar-refractivity contribution in [2.45, 2.75) is 31.6 Å². The second kappa shape index (κ2) is 7.04. The molecule has 0 saturated carbocycles. The van der Waals surface area contributed by atoms with Gasteiger partial charge in [0.15, 0.2) is 0 Å². The van der Waals surface area contributed by atoms with E-state index in [9.17, 15) is 0 Å². The fourth-order valence-electron chi connectivity index (χ4n) is 3.08. The van der Waals surface area contributed by atoms with E-state index in [0.717, 1.165) is 50.7 Å². The second-order valence-corrected chi connectivity index (χ2v) is 5.93. The minimum atomic E-state index is 0.349. The van der Waals surface area contributed by atoms with Gasteiger partial charge in [0.25, 0.3) is 0 Å². The first kappa shape index (κ1) is 14.5. The lowest BCUT2D eigenvalue weighted by molar-refractivity contribution is 0.193. The Bertz CT molecular complexity index is 455. The van der Waals surface area contributed by atoms with Crippen LogP contribution >= 0.6 is 0 Å². The minimum Gasteiger partial charge on any atom is -0.381 e. The second-order valence-electron chi connectivity index (χ2n) is 5.93. The number of nitrogens with two attached hydrogens (primary N) is 1. The van der Waals surface area contributed by atoms with E-state index in [1.54, 1.807) is 0 Å². The van der Waals surface area contributed by atoms with Gasteiger partial charge in [-0.3, -0.25) is 0 Å². The summed E-state index contributed by atoms with van der Waals surface area (Å²) < 4.78 is 5.42. The molecule has 2 aliphatic rings. The van der Waals surface area contributed by atoms with Gasteiger partial charge >= 0.3 is 0 Å². The summed E-state index contributed by atoms with van der Waals surface area (Å²) in [5.41, 5.74) is 6.82. The Kier molecular flexibility index (Phi) is 4.87.